The van der Waals surface area contributed by atoms with Crippen LogP contribution in [-0.2, 0) is 14.4 Å². The first kappa shape index (κ1) is 28.3. The highest BCUT2D eigenvalue weighted by atomic mass is 19.4. The molecule has 4 rings (SSSR count). The van der Waals surface area contributed by atoms with E-state index in [1.165, 1.54) is 56.3 Å². The Kier molecular flexibility index (Phi) is 6.86. The average molecular weight is 548 g/mol. The van der Waals surface area contributed by atoms with E-state index < -0.39 is 53.3 Å². The number of hydrogen-bond donors (Lipinski definition) is 2. The van der Waals surface area contributed by atoms with E-state index in [-0.39, 0.29) is 23.8 Å². The molecule has 2 aliphatic rings. The van der Waals surface area contributed by atoms with Crippen LogP contribution in [-0.4, -0.2) is 52.4 Å². The van der Waals surface area contributed by atoms with Crippen molar-refractivity contribution in [1.29, 1.82) is 5.26 Å². The van der Waals surface area contributed by atoms with Crippen LogP contribution in [0.5, 0.6) is 0 Å². The van der Waals surface area contributed by atoms with Gasteiger partial charge in [-0.2, -0.15) is 18.4 Å². The van der Waals surface area contributed by atoms with Crippen LogP contribution in [0, 0.1) is 39.8 Å². The summed E-state index contributed by atoms with van der Waals surface area (Å²) < 4.78 is 52.8. The maximum Gasteiger partial charge on any atom is 0.471 e. The summed E-state index contributed by atoms with van der Waals surface area (Å²) in [5.41, 5.74) is -1.08. The number of carbonyl (C=O) groups excluding carboxylic acids is 3. The molecule has 1 aromatic carbocycles. The molecule has 3 amide bonds. The molecule has 2 N–H and O–H groups in total. The van der Waals surface area contributed by atoms with Crippen molar-refractivity contribution < 1.29 is 31.9 Å². The van der Waals surface area contributed by atoms with Crippen molar-refractivity contribution in [2.24, 2.45) is 22.7 Å². The number of aromatic nitrogens is 1. The Labute approximate surface area is 222 Å². The fourth-order valence-corrected chi connectivity index (χ4v) is 5.65. The Morgan fingerprint density at radius 1 is 1.15 bits per heavy atom. The number of alkyl halides is 3. The summed E-state index contributed by atoms with van der Waals surface area (Å²) in [5.74, 6) is -4.57. The van der Waals surface area contributed by atoms with E-state index >= 15 is 0 Å². The first-order valence-corrected chi connectivity index (χ1v) is 12.4. The SMILES string of the molecule is CC(C)(C)[C@H](NC(=O)C(F)(F)F)C(=O)N1C[C@H]2[C@@H]([C@H]1C(=O)NC(C#N)c1cncc3cc(F)ccc13)C2(C)C. The number of nitrogens with one attached hydrogen (secondary N) is 2. The van der Waals surface area contributed by atoms with Crippen molar-refractivity contribution in [2.75, 3.05) is 6.54 Å². The third-order valence-electron chi connectivity index (χ3n) is 7.88. The Hall–Kier alpha value is -3.75. The minimum absolute atomic E-state index is 0.0844. The molecule has 8 nitrogen and oxygen atoms in total. The number of nitrogens with zero attached hydrogens (tertiary/aromatic N) is 3. The van der Waals surface area contributed by atoms with Gasteiger partial charge in [0.05, 0.1) is 6.07 Å². The predicted molar refractivity (Wildman–Crippen MR) is 132 cm³/mol. The van der Waals surface area contributed by atoms with Gasteiger partial charge in [0.25, 0.3) is 0 Å². The second-order valence-electron chi connectivity index (χ2n) is 11.8. The number of piperidine rings is 1. The van der Waals surface area contributed by atoms with Gasteiger partial charge in [-0.1, -0.05) is 40.7 Å². The second kappa shape index (κ2) is 9.47. The summed E-state index contributed by atoms with van der Waals surface area (Å²) in [5, 5.41) is 15.3. The molecule has 2 heterocycles. The number of amides is 3. The molecular weight excluding hydrogens is 518 g/mol. The number of carbonyl (C=O) groups is 3. The Morgan fingerprint density at radius 3 is 2.41 bits per heavy atom. The van der Waals surface area contributed by atoms with Gasteiger partial charge < -0.3 is 15.5 Å². The molecule has 1 aliphatic heterocycles. The molecule has 39 heavy (non-hydrogen) atoms. The normalized spacial score (nSPS) is 23.4. The lowest BCUT2D eigenvalue weighted by Gasteiger charge is -2.37. The zero-order valence-electron chi connectivity index (χ0n) is 22.1. The largest absolute Gasteiger partial charge is 0.471 e. The van der Waals surface area contributed by atoms with Gasteiger partial charge >= 0.3 is 12.1 Å². The lowest BCUT2D eigenvalue weighted by Crippen LogP contribution is -2.60. The van der Waals surface area contributed by atoms with Crippen LogP contribution < -0.4 is 10.6 Å². The summed E-state index contributed by atoms with van der Waals surface area (Å²) in [4.78, 5) is 44.3. The van der Waals surface area contributed by atoms with Gasteiger partial charge in [-0.15, -0.1) is 0 Å². The molecule has 1 unspecified atom stereocenters. The molecule has 2 aromatic rings. The second-order valence-corrected chi connectivity index (χ2v) is 11.8. The number of nitriles is 1. The van der Waals surface area contributed by atoms with Crippen molar-refractivity contribution in [3.05, 3.63) is 42.0 Å². The number of benzene rings is 1. The number of halogens is 4. The Morgan fingerprint density at radius 2 is 1.82 bits per heavy atom. The van der Waals surface area contributed by atoms with E-state index in [0.29, 0.717) is 16.3 Å². The lowest BCUT2D eigenvalue weighted by atomic mass is 9.85. The van der Waals surface area contributed by atoms with Crippen LogP contribution in [0.2, 0.25) is 0 Å². The number of likely N-dealkylation sites (tertiary alicyclic amines) is 1. The van der Waals surface area contributed by atoms with Gasteiger partial charge in [0.2, 0.25) is 11.8 Å². The lowest BCUT2D eigenvalue weighted by molar-refractivity contribution is -0.176. The summed E-state index contributed by atoms with van der Waals surface area (Å²) >= 11 is 0. The fourth-order valence-electron chi connectivity index (χ4n) is 5.65. The summed E-state index contributed by atoms with van der Waals surface area (Å²) in [6.07, 6.45) is -2.38. The van der Waals surface area contributed by atoms with E-state index in [1.54, 1.807) is 0 Å². The molecule has 12 heteroatoms. The van der Waals surface area contributed by atoms with Crippen LogP contribution in [0.15, 0.2) is 30.6 Å². The zero-order valence-corrected chi connectivity index (χ0v) is 22.1. The third-order valence-corrected chi connectivity index (χ3v) is 7.88. The molecule has 1 saturated heterocycles. The highest BCUT2D eigenvalue weighted by Crippen LogP contribution is 2.65. The fraction of sp³-hybridized carbons (Fsp3) is 0.519. The first-order chi connectivity index (χ1) is 18.0. The predicted octanol–water partition coefficient (Wildman–Crippen LogP) is 3.63. The quantitative estimate of drug-likeness (QED) is 0.555. The standard InChI is InChI=1S/C27H29F4N5O3/c1-25(2,3)21(35-24(39)27(29,30)31)23(38)36-12-17-19(26(17,4)5)20(36)22(37)34-18(9-32)16-11-33-10-13-8-14(28)6-7-15(13)16/h6-8,10-11,17-21H,12H2,1-5H3,(H,34,37)(H,35,39)/t17-,18?,19-,20-,21+/m0/s1. The molecule has 1 aromatic heterocycles. The number of rotatable bonds is 5. The smallest absolute Gasteiger partial charge is 0.336 e. The molecule has 2 fully saturated rings. The maximum absolute atomic E-state index is 13.7. The van der Waals surface area contributed by atoms with Gasteiger partial charge in [-0.25, -0.2) is 4.39 Å². The summed E-state index contributed by atoms with van der Waals surface area (Å²) in [6, 6.07) is 2.14. The maximum atomic E-state index is 13.7. The highest BCUT2D eigenvalue weighted by molar-refractivity contribution is 5.95. The van der Waals surface area contributed by atoms with E-state index in [9.17, 15) is 37.2 Å². The third kappa shape index (κ3) is 5.14. The molecule has 1 aliphatic carbocycles. The van der Waals surface area contributed by atoms with Crippen molar-refractivity contribution in [3.8, 4) is 6.07 Å². The van der Waals surface area contributed by atoms with E-state index in [1.807, 2.05) is 25.2 Å². The molecule has 5 atom stereocenters. The first-order valence-electron chi connectivity index (χ1n) is 12.4. The summed E-state index contributed by atoms with van der Waals surface area (Å²) in [7, 11) is 0. The molecule has 0 bridgehead atoms. The molecular formula is C27H29F4N5O3. The highest BCUT2D eigenvalue weighted by Gasteiger charge is 2.70. The Bertz CT molecular complexity index is 1380. The van der Waals surface area contributed by atoms with Gasteiger partial charge in [0.1, 0.15) is 23.9 Å². The van der Waals surface area contributed by atoms with Crippen LogP contribution in [0.4, 0.5) is 17.6 Å². The van der Waals surface area contributed by atoms with Crippen molar-refractivity contribution in [1.82, 2.24) is 20.5 Å². The van der Waals surface area contributed by atoms with Crippen LogP contribution >= 0.6 is 0 Å². The Balaban J connectivity index is 1.64. The topological polar surface area (TPSA) is 115 Å². The van der Waals surface area contributed by atoms with E-state index in [0.717, 1.165) is 0 Å². The van der Waals surface area contributed by atoms with Gasteiger partial charge in [0.15, 0.2) is 0 Å². The number of fused-ring (bicyclic) bond motifs is 2. The minimum Gasteiger partial charge on any atom is -0.336 e. The minimum atomic E-state index is -5.19. The number of hydrogen-bond acceptors (Lipinski definition) is 5. The van der Waals surface area contributed by atoms with Gasteiger partial charge in [0, 0.05) is 29.9 Å². The monoisotopic (exact) mass is 547 g/mol. The molecule has 208 valence electrons. The summed E-state index contributed by atoms with van der Waals surface area (Å²) in [6.45, 7) is 8.54. The van der Waals surface area contributed by atoms with Crippen molar-refractivity contribution in [2.45, 2.75) is 58.9 Å². The molecule has 1 saturated carbocycles. The van der Waals surface area contributed by atoms with Gasteiger partial charge in [-0.3, -0.25) is 19.4 Å². The molecule has 0 radical (unpaired) electrons. The van der Waals surface area contributed by atoms with Crippen molar-refractivity contribution in [3.63, 3.8) is 0 Å². The van der Waals surface area contributed by atoms with E-state index in [4.69, 9.17) is 0 Å². The van der Waals surface area contributed by atoms with Crippen LogP contribution in [0.3, 0.4) is 0 Å². The van der Waals surface area contributed by atoms with Crippen molar-refractivity contribution >= 4 is 28.5 Å². The van der Waals surface area contributed by atoms with Crippen LogP contribution in [0.25, 0.3) is 10.8 Å². The zero-order chi connectivity index (χ0) is 29.1. The van der Waals surface area contributed by atoms with Crippen LogP contribution in [0.1, 0.15) is 46.2 Å². The number of pyridine rings is 1. The van der Waals surface area contributed by atoms with Gasteiger partial charge in [-0.05, 0) is 40.2 Å². The average Bonchev–Trinajstić information content (AvgIpc) is 3.15. The van der Waals surface area contributed by atoms with E-state index in [2.05, 4.69) is 10.3 Å². The molecule has 0 spiro atoms.